The number of fused-ring (bicyclic) bond motifs is 1. The van der Waals surface area contributed by atoms with Crippen LogP contribution in [0.5, 0.6) is 0 Å². The van der Waals surface area contributed by atoms with E-state index in [0.717, 1.165) is 33.3 Å². The molecule has 0 bridgehead atoms. The van der Waals surface area contributed by atoms with Crippen molar-refractivity contribution in [3.63, 3.8) is 0 Å². The number of hydrogen-bond acceptors (Lipinski definition) is 4. The Balaban J connectivity index is 0.00000169. The van der Waals surface area contributed by atoms with Crippen LogP contribution in [0.3, 0.4) is 0 Å². The first kappa shape index (κ1) is 16.2. The lowest BCUT2D eigenvalue weighted by Gasteiger charge is -2.04. The minimum Gasteiger partial charge on any atom is -0.351 e. The molecule has 2 aromatic carbocycles. The van der Waals surface area contributed by atoms with Crippen LogP contribution in [0.15, 0.2) is 48.5 Å². The van der Waals surface area contributed by atoms with Crippen molar-refractivity contribution in [1.29, 1.82) is 0 Å². The molecule has 2 aromatic heterocycles. The van der Waals surface area contributed by atoms with Gasteiger partial charge in [-0.1, -0.05) is 42.5 Å². The van der Waals surface area contributed by atoms with Gasteiger partial charge in [0.1, 0.15) is 0 Å². The van der Waals surface area contributed by atoms with E-state index in [0.29, 0.717) is 12.4 Å². The van der Waals surface area contributed by atoms with Crippen molar-refractivity contribution in [1.82, 2.24) is 25.2 Å². The highest BCUT2D eigenvalue weighted by Crippen LogP contribution is 2.36. The van der Waals surface area contributed by atoms with Crippen molar-refractivity contribution in [2.45, 2.75) is 6.54 Å². The van der Waals surface area contributed by atoms with Crippen molar-refractivity contribution < 1.29 is 0 Å². The lowest BCUT2D eigenvalue weighted by atomic mass is 10.0. The summed E-state index contributed by atoms with van der Waals surface area (Å²) in [6.07, 6.45) is 0. The molecule has 4 aromatic rings. The topological polar surface area (TPSA) is 85.4 Å². The maximum absolute atomic E-state index is 5.70. The third kappa shape index (κ3) is 2.66. The first-order valence-corrected chi connectivity index (χ1v) is 7.40. The smallest absolute Gasteiger partial charge is 0.221 e. The number of halogens is 1. The van der Waals surface area contributed by atoms with Gasteiger partial charge < -0.3 is 10.7 Å². The van der Waals surface area contributed by atoms with Crippen LogP contribution in [0.25, 0.3) is 33.5 Å². The minimum atomic E-state index is 0. The molecule has 4 rings (SSSR count). The van der Waals surface area contributed by atoms with E-state index in [2.05, 4.69) is 38.6 Å². The predicted molar refractivity (Wildman–Crippen MR) is 96.7 cm³/mol. The summed E-state index contributed by atoms with van der Waals surface area (Å²) in [6.45, 7) is 0.534. The number of nitrogens with zero attached hydrogens (tertiary/aromatic N) is 4. The van der Waals surface area contributed by atoms with E-state index in [1.165, 1.54) is 4.80 Å². The fourth-order valence-electron chi connectivity index (χ4n) is 2.80. The Bertz CT molecular complexity index is 970. The fourth-order valence-corrected chi connectivity index (χ4v) is 2.80. The second kappa shape index (κ2) is 6.43. The largest absolute Gasteiger partial charge is 0.351 e. The summed E-state index contributed by atoms with van der Waals surface area (Å²) >= 11 is 0. The lowest BCUT2D eigenvalue weighted by Crippen LogP contribution is -1.95. The van der Waals surface area contributed by atoms with Gasteiger partial charge in [-0.25, -0.2) is 0 Å². The summed E-state index contributed by atoms with van der Waals surface area (Å²) in [7, 11) is 1.76. The molecule has 0 saturated heterocycles. The van der Waals surface area contributed by atoms with Crippen LogP contribution in [0.2, 0.25) is 0 Å². The van der Waals surface area contributed by atoms with Crippen LogP contribution < -0.4 is 5.73 Å². The molecule has 0 saturated carbocycles. The fraction of sp³-hybridized carbons (Fsp3) is 0.118. The highest BCUT2D eigenvalue weighted by atomic mass is 35.5. The molecule has 0 spiro atoms. The molecule has 0 aliphatic carbocycles. The van der Waals surface area contributed by atoms with Crippen molar-refractivity contribution >= 4 is 23.3 Å². The summed E-state index contributed by atoms with van der Waals surface area (Å²) in [5.41, 5.74) is 10.9. The normalized spacial score (nSPS) is 10.8. The number of rotatable bonds is 3. The van der Waals surface area contributed by atoms with E-state index in [1.54, 1.807) is 7.05 Å². The first-order valence-electron chi connectivity index (χ1n) is 7.40. The van der Waals surface area contributed by atoms with Gasteiger partial charge in [-0.15, -0.1) is 22.6 Å². The number of nitrogens with one attached hydrogen (secondary N) is 1. The number of aromatic amines is 1. The molecule has 2 heterocycles. The van der Waals surface area contributed by atoms with Crippen molar-refractivity contribution in [3.05, 3.63) is 54.1 Å². The Morgan fingerprint density at radius 3 is 2.50 bits per heavy atom. The number of benzene rings is 2. The summed E-state index contributed by atoms with van der Waals surface area (Å²) in [6, 6.07) is 16.4. The zero-order valence-electron chi connectivity index (χ0n) is 13.1. The molecule has 122 valence electrons. The molecule has 7 heteroatoms. The highest BCUT2D eigenvalue weighted by Gasteiger charge is 2.18. The number of nitrogens with two attached hydrogens (primary N) is 1. The summed E-state index contributed by atoms with van der Waals surface area (Å²) in [5.74, 6) is 0.585. The average molecular weight is 341 g/mol. The second-order valence-corrected chi connectivity index (χ2v) is 5.42. The van der Waals surface area contributed by atoms with Crippen LogP contribution in [0.1, 0.15) is 5.56 Å². The molecule has 0 aliphatic heterocycles. The molecule has 24 heavy (non-hydrogen) atoms. The third-order valence-electron chi connectivity index (χ3n) is 3.92. The van der Waals surface area contributed by atoms with Gasteiger partial charge >= 0.3 is 0 Å². The zero-order chi connectivity index (χ0) is 15.8. The Kier molecular flexibility index (Phi) is 4.33. The van der Waals surface area contributed by atoms with Gasteiger partial charge in [0.2, 0.25) is 5.82 Å². The van der Waals surface area contributed by atoms with Crippen LogP contribution in [-0.4, -0.2) is 25.2 Å². The molecular formula is C17H17ClN6. The number of para-hydroxylation sites is 1. The standard InChI is InChI=1S/C17H16N6.ClH/c1-23-21-17(20-22-23)16-15(12-8-6-11(10-18)7-9-12)13-4-2-3-5-14(13)19-16;/h2-9,19H,10,18H2,1H3;1H. The molecule has 0 amide bonds. The summed E-state index contributed by atoms with van der Waals surface area (Å²) in [4.78, 5) is 4.88. The molecule has 0 fully saturated rings. The van der Waals surface area contributed by atoms with Crippen LogP contribution in [0.4, 0.5) is 0 Å². The molecular weight excluding hydrogens is 324 g/mol. The van der Waals surface area contributed by atoms with Crippen molar-refractivity contribution in [2.75, 3.05) is 0 Å². The van der Waals surface area contributed by atoms with Gasteiger partial charge in [-0.05, 0) is 22.4 Å². The summed E-state index contributed by atoms with van der Waals surface area (Å²) in [5, 5.41) is 13.6. The van der Waals surface area contributed by atoms with Gasteiger partial charge in [0.15, 0.2) is 0 Å². The van der Waals surface area contributed by atoms with Gasteiger partial charge in [0.05, 0.1) is 12.7 Å². The van der Waals surface area contributed by atoms with Crippen LogP contribution >= 0.6 is 12.4 Å². The Hall–Kier alpha value is -2.70. The van der Waals surface area contributed by atoms with E-state index >= 15 is 0 Å². The predicted octanol–water partition coefficient (Wildman–Crippen LogP) is 2.91. The Morgan fingerprint density at radius 1 is 1.08 bits per heavy atom. The lowest BCUT2D eigenvalue weighted by molar-refractivity contribution is 0.630. The van der Waals surface area contributed by atoms with E-state index in [4.69, 9.17) is 5.73 Å². The monoisotopic (exact) mass is 340 g/mol. The Labute approximate surface area is 145 Å². The van der Waals surface area contributed by atoms with E-state index in [-0.39, 0.29) is 12.4 Å². The average Bonchev–Trinajstić information content (AvgIpc) is 3.18. The van der Waals surface area contributed by atoms with Gasteiger partial charge in [0, 0.05) is 23.0 Å². The van der Waals surface area contributed by atoms with Crippen molar-refractivity contribution in [3.8, 4) is 22.6 Å². The third-order valence-corrected chi connectivity index (χ3v) is 3.92. The Morgan fingerprint density at radius 2 is 1.83 bits per heavy atom. The quantitative estimate of drug-likeness (QED) is 0.600. The molecule has 3 N–H and O–H groups in total. The number of hydrogen-bond donors (Lipinski definition) is 2. The highest BCUT2D eigenvalue weighted by molar-refractivity contribution is 6.02. The first-order chi connectivity index (χ1) is 11.3. The maximum atomic E-state index is 5.70. The molecule has 6 nitrogen and oxygen atoms in total. The SMILES string of the molecule is Cl.Cn1nnc(-c2[nH]c3ccccc3c2-c2ccc(CN)cc2)n1. The van der Waals surface area contributed by atoms with Gasteiger partial charge in [0.25, 0.3) is 0 Å². The maximum Gasteiger partial charge on any atom is 0.221 e. The number of aryl methyl sites for hydroxylation is 1. The second-order valence-electron chi connectivity index (χ2n) is 5.42. The summed E-state index contributed by atoms with van der Waals surface area (Å²) < 4.78 is 0. The van der Waals surface area contributed by atoms with Gasteiger partial charge in [-0.2, -0.15) is 4.80 Å². The van der Waals surface area contributed by atoms with E-state index in [1.807, 2.05) is 30.3 Å². The van der Waals surface area contributed by atoms with Gasteiger partial charge in [-0.3, -0.25) is 0 Å². The molecule has 0 aliphatic rings. The van der Waals surface area contributed by atoms with Crippen molar-refractivity contribution in [2.24, 2.45) is 12.8 Å². The number of H-pyrrole nitrogens is 1. The number of tetrazole rings is 1. The molecule has 0 radical (unpaired) electrons. The number of aromatic nitrogens is 5. The molecule has 0 atom stereocenters. The zero-order valence-corrected chi connectivity index (χ0v) is 13.9. The van der Waals surface area contributed by atoms with E-state index in [9.17, 15) is 0 Å². The van der Waals surface area contributed by atoms with Crippen LogP contribution in [-0.2, 0) is 13.6 Å². The minimum absolute atomic E-state index is 0. The van der Waals surface area contributed by atoms with E-state index < -0.39 is 0 Å². The van der Waals surface area contributed by atoms with Crippen LogP contribution in [0, 0.1) is 0 Å². The molecule has 0 unspecified atom stereocenters.